The van der Waals surface area contributed by atoms with Gasteiger partial charge in [0.15, 0.2) is 0 Å². The lowest BCUT2D eigenvalue weighted by Crippen LogP contribution is -2.25. The van der Waals surface area contributed by atoms with Gasteiger partial charge in [0.25, 0.3) is 0 Å². The van der Waals surface area contributed by atoms with Gasteiger partial charge in [0.1, 0.15) is 11.6 Å². The van der Waals surface area contributed by atoms with Gasteiger partial charge < -0.3 is 21.9 Å². The zero-order valence-electron chi connectivity index (χ0n) is 9.76. The first-order valence-corrected chi connectivity index (χ1v) is 5.95. The van der Waals surface area contributed by atoms with Crippen LogP contribution in [0.3, 0.4) is 0 Å². The number of aliphatic hydroxyl groups is 1. The summed E-state index contributed by atoms with van der Waals surface area (Å²) in [6.07, 6.45) is 3.84. The molecule has 1 aromatic rings. The molecule has 6 N–H and O–H groups in total. The molecule has 1 aromatic heterocycles. The van der Waals surface area contributed by atoms with Gasteiger partial charge in [-0.05, 0) is 25.2 Å². The second-order valence-electron chi connectivity index (χ2n) is 4.60. The molecule has 2 unspecified atom stereocenters. The molecule has 6 nitrogen and oxygen atoms in total. The molecule has 0 aliphatic heterocycles. The Hall–Kier alpha value is -1.56. The maximum atomic E-state index is 9.57. The van der Waals surface area contributed by atoms with Gasteiger partial charge in [-0.3, -0.25) is 0 Å². The van der Waals surface area contributed by atoms with Crippen LogP contribution in [0.2, 0.25) is 0 Å². The molecule has 94 valence electrons. The second kappa shape index (κ2) is 5.18. The van der Waals surface area contributed by atoms with E-state index in [4.69, 9.17) is 11.5 Å². The summed E-state index contributed by atoms with van der Waals surface area (Å²) in [4.78, 5) is 7.86. The monoisotopic (exact) mass is 237 g/mol. The smallest absolute Gasteiger partial charge is 0.223 e. The van der Waals surface area contributed by atoms with E-state index >= 15 is 0 Å². The Bertz CT molecular complexity index is 364. The summed E-state index contributed by atoms with van der Waals surface area (Å²) in [6, 6.07) is 1.66. The summed E-state index contributed by atoms with van der Waals surface area (Å²) in [5.41, 5.74) is 11.1. The quantitative estimate of drug-likeness (QED) is 0.613. The van der Waals surface area contributed by atoms with Gasteiger partial charge in [0, 0.05) is 12.6 Å². The first-order chi connectivity index (χ1) is 8.13. The molecular formula is C11H19N5O. The molecule has 1 fully saturated rings. The molecule has 0 bridgehead atoms. The Morgan fingerprint density at radius 2 is 2.18 bits per heavy atom. The van der Waals surface area contributed by atoms with Crippen molar-refractivity contribution in [3.63, 3.8) is 0 Å². The summed E-state index contributed by atoms with van der Waals surface area (Å²) in [6.45, 7) is 0.785. The summed E-state index contributed by atoms with van der Waals surface area (Å²) >= 11 is 0. The normalized spacial score (nSPS) is 24.5. The highest BCUT2D eigenvalue weighted by atomic mass is 16.3. The van der Waals surface area contributed by atoms with E-state index in [1.54, 1.807) is 6.07 Å². The standard InChI is InChI=1S/C11H19N5O/c12-9-5-10(16-11(13)15-9)14-6-7-2-1-3-8(17)4-7/h5,7-8,17H,1-4,6H2,(H5,12,13,14,15,16). The van der Waals surface area contributed by atoms with Crippen molar-refractivity contribution >= 4 is 17.6 Å². The van der Waals surface area contributed by atoms with Crippen LogP contribution in [0.5, 0.6) is 0 Å². The molecule has 0 spiro atoms. The lowest BCUT2D eigenvalue weighted by molar-refractivity contribution is 0.104. The van der Waals surface area contributed by atoms with E-state index in [0.29, 0.717) is 17.6 Å². The highest BCUT2D eigenvalue weighted by molar-refractivity contribution is 5.48. The van der Waals surface area contributed by atoms with E-state index in [1.807, 2.05) is 0 Å². The fourth-order valence-corrected chi connectivity index (χ4v) is 2.27. The molecule has 1 heterocycles. The largest absolute Gasteiger partial charge is 0.393 e. The van der Waals surface area contributed by atoms with E-state index in [9.17, 15) is 5.11 Å². The first-order valence-electron chi connectivity index (χ1n) is 5.95. The van der Waals surface area contributed by atoms with Gasteiger partial charge in [-0.15, -0.1) is 0 Å². The van der Waals surface area contributed by atoms with Crippen LogP contribution in [-0.2, 0) is 0 Å². The van der Waals surface area contributed by atoms with Crippen molar-refractivity contribution in [2.24, 2.45) is 5.92 Å². The molecular weight excluding hydrogens is 218 g/mol. The van der Waals surface area contributed by atoms with Crippen molar-refractivity contribution in [2.45, 2.75) is 31.8 Å². The minimum absolute atomic E-state index is 0.156. The molecule has 17 heavy (non-hydrogen) atoms. The fourth-order valence-electron chi connectivity index (χ4n) is 2.27. The van der Waals surface area contributed by atoms with Crippen LogP contribution in [-0.4, -0.2) is 27.7 Å². The molecule has 0 radical (unpaired) electrons. The third-order valence-corrected chi connectivity index (χ3v) is 3.09. The lowest BCUT2D eigenvalue weighted by atomic mass is 9.87. The maximum Gasteiger partial charge on any atom is 0.223 e. The Morgan fingerprint density at radius 1 is 1.35 bits per heavy atom. The van der Waals surface area contributed by atoms with Gasteiger partial charge in [0.2, 0.25) is 5.95 Å². The molecule has 2 rings (SSSR count). The van der Waals surface area contributed by atoms with E-state index < -0.39 is 0 Å². The fraction of sp³-hybridized carbons (Fsp3) is 0.636. The van der Waals surface area contributed by atoms with Crippen molar-refractivity contribution in [1.29, 1.82) is 0 Å². The van der Waals surface area contributed by atoms with E-state index in [0.717, 1.165) is 32.2 Å². The first kappa shape index (κ1) is 11.9. The zero-order chi connectivity index (χ0) is 12.3. The SMILES string of the molecule is Nc1cc(NCC2CCCC(O)C2)nc(N)n1. The topological polar surface area (TPSA) is 110 Å². The summed E-state index contributed by atoms with van der Waals surface area (Å²) in [5, 5.41) is 12.8. The average molecular weight is 237 g/mol. The number of hydrogen-bond acceptors (Lipinski definition) is 6. The summed E-state index contributed by atoms with van der Waals surface area (Å²) in [5.74, 6) is 1.67. The number of aromatic nitrogens is 2. The Kier molecular flexibility index (Phi) is 3.63. The summed E-state index contributed by atoms with van der Waals surface area (Å²) in [7, 11) is 0. The Balaban J connectivity index is 1.88. The number of nitrogen functional groups attached to an aromatic ring is 2. The summed E-state index contributed by atoms with van der Waals surface area (Å²) < 4.78 is 0. The molecule has 0 amide bonds. The van der Waals surface area contributed by atoms with E-state index in [2.05, 4.69) is 15.3 Å². The predicted molar refractivity (Wildman–Crippen MR) is 67.3 cm³/mol. The van der Waals surface area contributed by atoms with Gasteiger partial charge in [-0.25, -0.2) is 0 Å². The highest BCUT2D eigenvalue weighted by Gasteiger charge is 2.19. The van der Waals surface area contributed by atoms with Crippen LogP contribution < -0.4 is 16.8 Å². The highest BCUT2D eigenvalue weighted by Crippen LogP contribution is 2.24. The van der Waals surface area contributed by atoms with Crippen molar-refractivity contribution in [3.8, 4) is 0 Å². The number of anilines is 3. The van der Waals surface area contributed by atoms with E-state index in [1.165, 1.54) is 0 Å². The molecule has 1 aliphatic carbocycles. The van der Waals surface area contributed by atoms with Gasteiger partial charge in [0.05, 0.1) is 6.10 Å². The van der Waals surface area contributed by atoms with Gasteiger partial charge >= 0.3 is 0 Å². The minimum Gasteiger partial charge on any atom is -0.393 e. The molecule has 6 heteroatoms. The zero-order valence-corrected chi connectivity index (χ0v) is 9.76. The minimum atomic E-state index is -0.156. The second-order valence-corrected chi connectivity index (χ2v) is 4.60. The number of hydrogen-bond donors (Lipinski definition) is 4. The number of nitrogens with zero attached hydrogens (tertiary/aromatic N) is 2. The third kappa shape index (κ3) is 3.45. The molecule has 2 atom stereocenters. The average Bonchev–Trinajstić information content (AvgIpc) is 2.25. The molecule has 1 saturated carbocycles. The van der Waals surface area contributed by atoms with Crippen LogP contribution >= 0.6 is 0 Å². The van der Waals surface area contributed by atoms with Crippen molar-refractivity contribution in [2.75, 3.05) is 23.3 Å². The van der Waals surface area contributed by atoms with Crippen LogP contribution in [0, 0.1) is 5.92 Å². The van der Waals surface area contributed by atoms with Crippen LogP contribution in [0.4, 0.5) is 17.6 Å². The number of nitrogens with two attached hydrogens (primary N) is 2. The van der Waals surface area contributed by atoms with Crippen molar-refractivity contribution < 1.29 is 5.11 Å². The van der Waals surface area contributed by atoms with Crippen LogP contribution in [0.1, 0.15) is 25.7 Å². The molecule has 0 saturated heterocycles. The Morgan fingerprint density at radius 3 is 2.88 bits per heavy atom. The predicted octanol–water partition coefficient (Wildman–Crippen LogP) is 0.604. The van der Waals surface area contributed by atoms with E-state index in [-0.39, 0.29) is 12.1 Å². The number of rotatable bonds is 3. The van der Waals surface area contributed by atoms with Gasteiger partial charge in [-0.1, -0.05) is 6.42 Å². The molecule has 1 aliphatic rings. The molecule has 0 aromatic carbocycles. The third-order valence-electron chi connectivity index (χ3n) is 3.09. The van der Waals surface area contributed by atoms with Crippen molar-refractivity contribution in [1.82, 2.24) is 9.97 Å². The Labute approximate surface area is 100 Å². The van der Waals surface area contributed by atoms with Gasteiger partial charge in [-0.2, -0.15) is 9.97 Å². The van der Waals surface area contributed by atoms with Crippen LogP contribution in [0.15, 0.2) is 6.07 Å². The number of nitrogens with one attached hydrogen (secondary N) is 1. The van der Waals surface area contributed by atoms with Crippen molar-refractivity contribution in [3.05, 3.63) is 6.07 Å². The number of aliphatic hydroxyl groups excluding tert-OH is 1. The van der Waals surface area contributed by atoms with Crippen LogP contribution in [0.25, 0.3) is 0 Å². The maximum absolute atomic E-state index is 9.57. The lowest BCUT2D eigenvalue weighted by Gasteiger charge is -2.26.